The molecule has 0 unspecified atom stereocenters. The predicted molar refractivity (Wildman–Crippen MR) is 56.0 cm³/mol. The van der Waals surface area contributed by atoms with Gasteiger partial charge in [0.1, 0.15) is 0 Å². The second-order valence-corrected chi connectivity index (χ2v) is 4.66. The summed E-state index contributed by atoms with van der Waals surface area (Å²) >= 11 is 0. The number of piperidine rings is 1. The van der Waals surface area contributed by atoms with Crippen LogP contribution in [0.1, 0.15) is 32.1 Å². The van der Waals surface area contributed by atoms with E-state index < -0.39 is 0 Å². The van der Waals surface area contributed by atoms with Crippen molar-refractivity contribution in [3.63, 3.8) is 0 Å². The average molecular weight is 196 g/mol. The van der Waals surface area contributed by atoms with Crippen LogP contribution >= 0.6 is 0 Å². The normalized spacial score (nSPS) is 24.8. The first-order valence-corrected chi connectivity index (χ1v) is 5.72. The van der Waals surface area contributed by atoms with Crippen LogP contribution in [-0.4, -0.2) is 37.5 Å². The third-order valence-electron chi connectivity index (χ3n) is 3.47. The van der Waals surface area contributed by atoms with Gasteiger partial charge in [-0.3, -0.25) is 4.79 Å². The molecule has 1 N–H and O–H groups in total. The predicted octanol–water partition coefficient (Wildman–Crippen LogP) is 0.998. The van der Waals surface area contributed by atoms with Gasteiger partial charge in [-0.25, -0.2) is 0 Å². The molecule has 1 saturated carbocycles. The summed E-state index contributed by atoms with van der Waals surface area (Å²) in [6.07, 6.45) is 5.86. The standard InChI is InChI=1S/C11H20N2O/c1-12-9-11(5-6-11)10(14)13-7-3-2-4-8-13/h12H,2-9H2,1H3. The summed E-state index contributed by atoms with van der Waals surface area (Å²) in [5.41, 5.74) is -0.00785. The second kappa shape index (κ2) is 3.89. The lowest BCUT2D eigenvalue weighted by molar-refractivity contribution is -0.137. The van der Waals surface area contributed by atoms with E-state index in [9.17, 15) is 4.79 Å². The fraction of sp³-hybridized carbons (Fsp3) is 0.909. The van der Waals surface area contributed by atoms with Gasteiger partial charge in [0.05, 0.1) is 5.41 Å². The summed E-state index contributed by atoms with van der Waals surface area (Å²) in [5, 5.41) is 3.14. The Bertz CT molecular complexity index is 217. The second-order valence-electron chi connectivity index (χ2n) is 4.66. The Balaban J connectivity index is 1.93. The topological polar surface area (TPSA) is 32.3 Å². The molecule has 0 radical (unpaired) electrons. The summed E-state index contributed by atoms with van der Waals surface area (Å²) in [4.78, 5) is 14.2. The first-order chi connectivity index (χ1) is 6.78. The molecular formula is C11H20N2O. The van der Waals surface area contributed by atoms with E-state index in [1.165, 1.54) is 19.3 Å². The van der Waals surface area contributed by atoms with Gasteiger partial charge in [-0.05, 0) is 39.2 Å². The lowest BCUT2D eigenvalue weighted by Gasteiger charge is -2.30. The molecule has 80 valence electrons. The largest absolute Gasteiger partial charge is 0.342 e. The molecule has 2 fully saturated rings. The maximum atomic E-state index is 12.2. The Labute approximate surface area is 85.8 Å². The molecule has 1 aliphatic heterocycles. The van der Waals surface area contributed by atoms with Crippen molar-refractivity contribution in [2.75, 3.05) is 26.7 Å². The lowest BCUT2D eigenvalue weighted by Crippen LogP contribution is -2.43. The van der Waals surface area contributed by atoms with Crippen LogP contribution < -0.4 is 5.32 Å². The molecule has 1 aliphatic carbocycles. The zero-order valence-corrected chi connectivity index (χ0v) is 9.01. The van der Waals surface area contributed by atoms with Crippen LogP contribution in [0.25, 0.3) is 0 Å². The highest BCUT2D eigenvalue weighted by molar-refractivity contribution is 5.85. The first kappa shape index (κ1) is 9.97. The van der Waals surface area contributed by atoms with Crippen LogP contribution in [0.2, 0.25) is 0 Å². The van der Waals surface area contributed by atoms with Crippen LogP contribution in [0.3, 0.4) is 0 Å². The molecule has 0 bridgehead atoms. The van der Waals surface area contributed by atoms with E-state index in [0.717, 1.165) is 32.5 Å². The quantitative estimate of drug-likeness (QED) is 0.730. The van der Waals surface area contributed by atoms with Crippen molar-refractivity contribution in [2.24, 2.45) is 5.41 Å². The molecule has 1 heterocycles. The van der Waals surface area contributed by atoms with E-state index in [1.807, 2.05) is 7.05 Å². The number of hydrogen-bond acceptors (Lipinski definition) is 2. The van der Waals surface area contributed by atoms with Crippen molar-refractivity contribution in [3.8, 4) is 0 Å². The number of nitrogens with one attached hydrogen (secondary N) is 1. The van der Waals surface area contributed by atoms with E-state index in [4.69, 9.17) is 0 Å². The van der Waals surface area contributed by atoms with Crippen molar-refractivity contribution in [3.05, 3.63) is 0 Å². The Morgan fingerprint density at radius 1 is 1.29 bits per heavy atom. The third-order valence-corrected chi connectivity index (χ3v) is 3.47. The minimum atomic E-state index is -0.00785. The van der Waals surface area contributed by atoms with Gasteiger partial charge >= 0.3 is 0 Å². The number of rotatable bonds is 3. The van der Waals surface area contributed by atoms with Gasteiger partial charge in [-0.1, -0.05) is 0 Å². The van der Waals surface area contributed by atoms with Crippen molar-refractivity contribution < 1.29 is 4.79 Å². The highest BCUT2D eigenvalue weighted by Crippen LogP contribution is 2.46. The number of carbonyl (C=O) groups excluding carboxylic acids is 1. The minimum absolute atomic E-state index is 0.00785. The van der Waals surface area contributed by atoms with Crippen LogP contribution in [0.5, 0.6) is 0 Å². The van der Waals surface area contributed by atoms with Crippen LogP contribution in [-0.2, 0) is 4.79 Å². The molecule has 1 saturated heterocycles. The first-order valence-electron chi connectivity index (χ1n) is 5.72. The Morgan fingerprint density at radius 2 is 1.93 bits per heavy atom. The SMILES string of the molecule is CNCC1(C(=O)N2CCCCC2)CC1. The lowest BCUT2D eigenvalue weighted by atomic mass is 10.0. The number of amides is 1. The molecule has 0 spiro atoms. The van der Waals surface area contributed by atoms with Gasteiger partial charge < -0.3 is 10.2 Å². The number of nitrogens with zero attached hydrogens (tertiary/aromatic N) is 1. The molecule has 1 amide bonds. The molecule has 3 heteroatoms. The van der Waals surface area contributed by atoms with Gasteiger partial charge in [0, 0.05) is 19.6 Å². The van der Waals surface area contributed by atoms with Gasteiger partial charge in [-0.15, -0.1) is 0 Å². The maximum absolute atomic E-state index is 12.2. The molecule has 2 aliphatic rings. The Hall–Kier alpha value is -0.570. The highest BCUT2D eigenvalue weighted by Gasteiger charge is 2.50. The Morgan fingerprint density at radius 3 is 2.43 bits per heavy atom. The van der Waals surface area contributed by atoms with Crippen molar-refractivity contribution >= 4 is 5.91 Å². The van der Waals surface area contributed by atoms with Crippen molar-refractivity contribution in [1.82, 2.24) is 10.2 Å². The van der Waals surface area contributed by atoms with Gasteiger partial charge in [0.2, 0.25) is 5.91 Å². The molecule has 14 heavy (non-hydrogen) atoms. The Kier molecular flexibility index (Phi) is 2.77. The molecule has 0 aromatic carbocycles. The van der Waals surface area contributed by atoms with Crippen LogP contribution in [0.15, 0.2) is 0 Å². The summed E-state index contributed by atoms with van der Waals surface area (Å²) in [7, 11) is 1.93. The van der Waals surface area contributed by atoms with E-state index in [2.05, 4.69) is 10.2 Å². The van der Waals surface area contributed by atoms with Crippen LogP contribution in [0, 0.1) is 5.41 Å². The van der Waals surface area contributed by atoms with Gasteiger partial charge in [0.15, 0.2) is 0 Å². The van der Waals surface area contributed by atoms with Crippen molar-refractivity contribution in [1.29, 1.82) is 0 Å². The minimum Gasteiger partial charge on any atom is -0.342 e. The van der Waals surface area contributed by atoms with Gasteiger partial charge in [-0.2, -0.15) is 0 Å². The molecule has 2 rings (SSSR count). The van der Waals surface area contributed by atoms with Gasteiger partial charge in [0.25, 0.3) is 0 Å². The monoisotopic (exact) mass is 196 g/mol. The summed E-state index contributed by atoms with van der Waals surface area (Å²) in [5.74, 6) is 0.409. The average Bonchev–Trinajstić information content (AvgIpc) is 3.00. The smallest absolute Gasteiger partial charge is 0.230 e. The molecular weight excluding hydrogens is 176 g/mol. The maximum Gasteiger partial charge on any atom is 0.230 e. The number of hydrogen-bond donors (Lipinski definition) is 1. The zero-order valence-electron chi connectivity index (χ0n) is 9.01. The van der Waals surface area contributed by atoms with E-state index >= 15 is 0 Å². The highest BCUT2D eigenvalue weighted by atomic mass is 16.2. The molecule has 3 nitrogen and oxygen atoms in total. The fourth-order valence-electron chi connectivity index (χ4n) is 2.39. The molecule has 0 aromatic rings. The molecule has 0 atom stereocenters. The van der Waals surface area contributed by atoms with E-state index in [1.54, 1.807) is 0 Å². The number of likely N-dealkylation sites (tertiary alicyclic amines) is 1. The summed E-state index contributed by atoms with van der Waals surface area (Å²) in [6.45, 7) is 2.84. The van der Waals surface area contributed by atoms with Crippen LogP contribution in [0.4, 0.5) is 0 Å². The van der Waals surface area contributed by atoms with E-state index in [0.29, 0.717) is 5.91 Å². The van der Waals surface area contributed by atoms with Crippen molar-refractivity contribution in [2.45, 2.75) is 32.1 Å². The third kappa shape index (κ3) is 1.78. The summed E-state index contributed by atoms with van der Waals surface area (Å²) < 4.78 is 0. The van der Waals surface area contributed by atoms with E-state index in [-0.39, 0.29) is 5.41 Å². The molecule has 0 aromatic heterocycles. The number of carbonyl (C=O) groups is 1. The fourth-order valence-corrected chi connectivity index (χ4v) is 2.39. The summed E-state index contributed by atoms with van der Waals surface area (Å²) in [6, 6.07) is 0. The zero-order chi connectivity index (χ0) is 10.0.